The van der Waals surface area contributed by atoms with Crippen molar-refractivity contribution < 1.29 is 19.5 Å². The second-order valence-corrected chi connectivity index (χ2v) is 6.61. The van der Waals surface area contributed by atoms with Gasteiger partial charge in [0.05, 0.1) is 17.7 Å². The summed E-state index contributed by atoms with van der Waals surface area (Å²) in [6.07, 6.45) is 0. The first-order valence-corrected chi connectivity index (χ1v) is 8.71. The molecule has 0 atom stereocenters. The van der Waals surface area contributed by atoms with Gasteiger partial charge in [0.2, 0.25) is 0 Å². The molecule has 128 valence electrons. The Hall–Kier alpha value is -2.80. The van der Waals surface area contributed by atoms with Crippen molar-refractivity contribution in [2.24, 2.45) is 0 Å². The van der Waals surface area contributed by atoms with Crippen LogP contribution in [0.3, 0.4) is 0 Å². The summed E-state index contributed by atoms with van der Waals surface area (Å²) in [5.74, 6) is -0.396. The van der Waals surface area contributed by atoms with Gasteiger partial charge in [-0.15, -0.1) is 0 Å². The molecule has 0 radical (unpaired) electrons. The van der Waals surface area contributed by atoms with Gasteiger partial charge in [0.1, 0.15) is 5.75 Å². The van der Waals surface area contributed by atoms with E-state index >= 15 is 0 Å². The van der Waals surface area contributed by atoms with E-state index in [1.807, 2.05) is 6.92 Å². The number of benzene rings is 2. The molecular formula is C18H16N2O4S. The second-order valence-electron chi connectivity index (χ2n) is 5.39. The quantitative estimate of drug-likeness (QED) is 0.851. The molecule has 1 N–H and O–H groups in total. The van der Waals surface area contributed by atoms with Gasteiger partial charge in [-0.05, 0) is 35.6 Å². The largest absolute Gasteiger partial charge is 0.508 e. The maximum Gasteiger partial charge on any atom is 0.301 e. The summed E-state index contributed by atoms with van der Waals surface area (Å²) in [6, 6.07) is 12.8. The molecule has 0 unspecified atom stereocenters. The van der Waals surface area contributed by atoms with Crippen molar-refractivity contribution in [1.29, 1.82) is 0 Å². The molecule has 25 heavy (non-hydrogen) atoms. The number of phenols is 1. The Balaban J connectivity index is 1.95. The number of hydrogen-bond donors (Lipinski definition) is 1. The Morgan fingerprint density at radius 2 is 1.60 bits per heavy atom. The van der Waals surface area contributed by atoms with Crippen molar-refractivity contribution in [3.05, 3.63) is 65.2 Å². The van der Waals surface area contributed by atoms with Crippen molar-refractivity contribution in [2.45, 2.75) is 13.5 Å². The molecule has 0 saturated carbocycles. The summed E-state index contributed by atoms with van der Waals surface area (Å²) < 4.78 is 0. The summed E-state index contributed by atoms with van der Waals surface area (Å²) >= 11 is 1.02. The molecule has 6 nitrogen and oxygen atoms in total. The molecular weight excluding hydrogens is 340 g/mol. The van der Waals surface area contributed by atoms with Crippen LogP contribution in [0, 0.1) is 0 Å². The molecule has 2 aromatic carbocycles. The second kappa shape index (κ2) is 6.98. The third kappa shape index (κ3) is 3.23. The molecule has 0 aromatic heterocycles. The lowest BCUT2D eigenvalue weighted by Gasteiger charge is -2.29. The minimum absolute atomic E-state index is 0.0532. The normalized spacial score (nSPS) is 13.1. The van der Waals surface area contributed by atoms with Crippen LogP contribution < -0.4 is 0 Å². The number of nitrogens with zero attached hydrogens (tertiary/aromatic N) is 2. The first-order valence-electron chi connectivity index (χ1n) is 7.73. The number of phenolic OH excluding ortho intramolecular Hbond substituents is 1. The van der Waals surface area contributed by atoms with Crippen LogP contribution in [-0.4, -0.2) is 37.9 Å². The van der Waals surface area contributed by atoms with Crippen LogP contribution in [0.1, 0.15) is 33.2 Å². The molecule has 0 aliphatic carbocycles. The zero-order chi connectivity index (χ0) is 18.0. The van der Waals surface area contributed by atoms with E-state index in [9.17, 15) is 19.5 Å². The van der Waals surface area contributed by atoms with E-state index in [1.165, 1.54) is 12.1 Å². The van der Waals surface area contributed by atoms with Crippen molar-refractivity contribution in [1.82, 2.24) is 10.0 Å². The SMILES string of the molecule is CCSC(=O)N(Cc1ccc(O)cc1)N1C(=O)c2ccccc2C1=O. The van der Waals surface area contributed by atoms with Gasteiger partial charge in [-0.3, -0.25) is 14.4 Å². The van der Waals surface area contributed by atoms with E-state index in [4.69, 9.17) is 0 Å². The lowest BCUT2D eigenvalue weighted by atomic mass is 10.1. The first-order chi connectivity index (χ1) is 12.0. The summed E-state index contributed by atoms with van der Waals surface area (Å²) in [6.45, 7) is 1.88. The highest BCUT2D eigenvalue weighted by Gasteiger charge is 2.41. The number of imide groups is 1. The highest BCUT2D eigenvalue weighted by atomic mass is 32.2. The first kappa shape index (κ1) is 17.0. The van der Waals surface area contributed by atoms with Crippen molar-refractivity contribution in [3.63, 3.8) is 0 Å². The van der Waals surface area contributed by atoms with E-state index in [0.717, 1.165) is 21.8 Å². The van der Waals surface area contributed by atoms with Gasteiger partial charge in [-0.2, -0.15) is 5.01 Å². The lowest BCUT2D eigenvalue weighted by Crippen LogP contribution is -2.47. The van der Waals surface area contributed by atoms with Crippen LogP contribution in [0.5, 0.6) is 5.75 Å². The molecule has 1 heterocycles. The number of thioether (sulfide) groups is 1. The van der Waals surface area contributed by atoms with Gasteiger partial charge < -0.3 is 5.11 Å². The fourth-order valence-electron chi connectivity index (χ4n) is 2.58. The Kier molecular flexibility index (Phi) is 4.76. The maximum atomic E-state index is 12.7. The molecule has 3 amide bonds. The smallest absolute Gasteiger partial charge is 0.301 e. The van der Waals surface area contributed by atoms with Crippen LogP contribution in [0.2, 0.25) is 0 Å². The van der Waals surface area contributed by atoms with Gasteiger partial charge in [-0.25, -0.2) is 5.01 Å². The summed E-state index contributed by atoms with van der Waals surface area (Å²) in [5.41, 5.74) is 1.27. The number of rotatable bonds is 4. The predicted octanol–water partition coefficient (Wildman–Crippen LogP) is 3.28. The van der Waals surface area contributed by atoms with Gasteiger partial charge in [0.25, 0.3) is 11.8 Å². The number of aromatic hydroxyl groups is 1. The number of carbonyl (C=O) groups excluding carboxylic acids is 3. The van der Waals surface area contributed by atoms with E-state index in [-0.39, 0.29) is 28.7 Å². The van der Waals surface area contributed by atoms with Crippen molar-refractivity contribution in [3.8, 4) is 5.75 Å². The van der Waals surface area contributed by atoms with E-state index in [0.29, 0.717) is 11.3 Å². The zero-order valence-electron chi connectivity index (χ0n) is 13.5. The lowest BCUT2D eigenvalue weighted by molar-refractivity contribution is 0.0204. The van der Waals surface area contributed by atoms with Gasteiger partial charge in [-0.1, -0.05) is 43.0 Å². The fraction of sp³-hybridized carbons (Fsp3) is 0.167. The van der Waals surface area contributed by atoms with E-state index < -0.39 is 11.8 Å². The molecule has 2 aromatic rings. The highest BCUT2D eigenvalue weighted by Crippen LogP contribution is 2.27. The molecule has 0 spiro atoms. The number of amides is 3. The number of hydrogen-bond acceptors (Lipinski definition) is 5. The average molecular weight is 356 g/mol. The maximum absolute atomic E-state index is 12.7. The highest BCUT2D eigenvalue weighted by molar-refractivity contribution is 8.13. The molecule has 0 bridgehead atoms. The van der Waals surface area contributed by atoms with Gasteiger partial charge in [0, 0.05) is 0 Å². The van der Waals surface area contributed by atoms with E-state index in [1.54, 1.807) is 36.4 Å². The van der Waals surface area contributed by atoms with Crippen LogP contribution in [0.25, 0.3) is 0 Å². The number of hydrazine groups is 1. The molecule has 7 heteroatoms. The number of carbonyl (C=O) groups is 3. The average Bonchev–Trinajstić information content (AvgIpc) is 2.86. The standard InChI is InChI=1S/C18H16N2O4S/c1-2-25-18(24)19(11-12-7-9-13(21)10-8-12)20-16(22)14-5-3-4-6-15(14)17(20)23/h3-10,21H,2,11H2,1H3. The van der Waals surface area contributed by atoms with Crippen LogP contribution in [0.15, 0.2) is 48.5 Å². The Labute approximate surface area is 149 Å². The third-order valence-electron chi connectivity index (χ3n) is 3.76. The van der Waals surface area contributed by atoms with Crippen LogP contribution in [-0.2, 0) is 6.54 Å². The van der Waals surface area contributed by atoms with Gasteiger partial charge >= 0.3 is 5.24 Å². The monoisotopic (exact) mass is 356 g/mol. The topological polar surface area (TPSA) is 77.9 Å². The molecule has 0 fully saturated rings. The molecule has 3 rings (SSSR count). The Bertz CT molecular complexity index is 800. The molecule has 1 aliphatic heterocycles. The Morgan fingerprint density at radius 3 is 2.12 bits per heavy atom. The van der Waals surface area contributed by atoms with E-state index in [2.05, 4.69) is 0 Å². The zero-order valence-corrected chi connectivity index (χ0v) is 14.3. The van der Waals surface area contributed by atoms with Crippen molar-refractivity contribution in [2.75, 3.05) is 5.75 Å². The van der Waals surface area contributed by atoms with Crippen molar-refractivity contribution >= 4 is 28.8 Å². The summed E-state index contributed by atoms with van der Waals surface area (Å²) in [5, 5.41) is 11.1. The third-order valence-corrected chi connectivity index (χ3v) is 4.51. The summed E-state index contributed by atoms with van der Waals surface area (Å²) in [4.78, 5) is 37.9. The van der Waals surface area contributed by atoms with Gasteiger partial charge in [0.15, 0.2) is 0 Å². The number of fused-ring (bicyclic) bond motifs is 1. The minimum atomic E-state index is -0.510. The molecule has 0 saturated heterocycles. The van der Waals surface area contributed by atoms with Crippen LogP contribution in [0.4, 0.5) is 4.79 Å². The van der Waals surface area contributed by atoms with Crippen LogP contribution >= 0.6 is 11.8 Å². The predicted molar refractivity (Wildman–Crippen MR) is 94.1 cm³/mol. The summed E-state index contributed by atoms with van der Waals surface area (Å²) in [7, 11) is 0. The minimum Gasteiger partial charge on any atom is -0.508 e. The Morgan fingerprint density at radius 1 is 1.04 bits per heavy atom. The molecule has 1 aliphatic rings. The fourth-order valence-corrected chi connectivity index (χ4v) is 3.13.